The van der Waals surface area contributed by atoms with E-state index >= 15 is 0 Å². The second-order valence-electron chi connectivity index (χ2n) is 6.61. The largest absolute Gasteiger partial charge is 0.106 e. The molecule has 0 aromatic heterocycles. The Morgan fingerprint density at radius 2 is 1.38 bits per heavy atom. The van der Waals surface area contributed by atoms with Crippen molar-refractivity contribution in [3.63, 3.8) is 0 Å². The first-order chi connectivity index (χ1) is 5.57. The maximum absolute atomic E-state index is 2.39. The molecule has 0 fully saturated rings. The molecule has 0 aromatic rings. The van der Waals surface area contributed by atoms with Crippen LogP contribution in [0.3, 0.4) is 0 Å². The van der Waals surface area contributed by atoms with Crippen LogP contribution in [0.25, 0.3) is 0 Å². The summed E-state index contributed by atoms with van der Waals surface area (Å²) in [5.41, 5.74) is 0.929. The lowest BCUT2D eigenvalue weighted by Gasteiger charge is -2.37. The molecular weight excluding hydrogens is 155 g/mol. The van der Waals surface area contributed by atoms with Crippen molar-refractivity contribution in [2.24, 2.45) is 16.7 Å². The fraction of sp³-hybridized carbons (Fsp3) is 1.00. The zero-order chi connectivity index (χ0) is 10.9. The molecule has 0 rings (SSSR count). The molecule has 0 aliphatic rings. The molecule has 0 saturated heterocycles. The molecule has 0 saturated carbocycles. The van der Waals surface area contributed by atoms with Gasteiger partial charge in [-0.15, -0.1) is 0 Å². The van der Waals surface area contributed by atoms with Gasteiger partial charge >= 0.3 is 0 Å². The molecule has 13 heavy (non-hydrogen) atoms. The van der Waals surface area contributed by atoms with Crippen molar-refractivity contribution in [2.75, 3.05) is 0 Å². The molecule has 0 bridgehead atoms. The van der Waals surface area contributed by atoms with E-state index in [-0.39, 0.29) is 0 Å². The van der Waals surface area contributed by atoms with Crippen LogP contribution in [0, 0.1) is 16.7 Å². The Balaban J connectivity index is 4.28. The summed E-state index contributed by atoms with van der Waals surface area (Å²) in [6.45, 7) is 16.5. The first kappa shape index (κ1) is 13.1. The van der Waals surface area contributed by atoms with Gasteiger partial charge in [-0.3, -0.25) is 0 Å². The maximum Gasteiger partial charge on any atom is 0.106 e. The third kappa shape index (κ3) is 4.20. The molecule has 0 spiro atoms. The van der Waals surface area contributed by atoms with Crippen LogP contribution < -0.4 is 0 Å². The highest BCUT2D eigenvalue weighted by molar-refractivity contribution is 6.12. The SMILES string of the molecule is BC(CC(C)(C)C(C)C)C(C)(C)C. The average Bonchev–Trinajstić information content (AvgIpc) is 1.83. The predicted octanol–water partition coefficient (Wildman–Crippen LogP) is 3.53. The van der Waals surface area contributed by atoms with Crippen molar-refractivity contribution < 1.29 is 0 Å². The highest BCUT2D eigenvalue weighted by atomic mass is 14.3. The normalized spacial score (nSPS) is 16.3. The van der Waals surface area contributed by atoms with Crippen molar-refractivity contribution in [1.29, 1.82) is 0 Å². The summed E-state index contributed by atoms with van der Waals surface area (Å²) in [6.07, 6.45) is 1.33. The van der Waals surface area contributed by atoms with Crippen LogP contribution >= 0.6 is 0 Å². The molecule has 0 N–H and O–H groups in total. The van der Waals surface area contributed by atoms with Gasteiger partial charge in [-0.25, -0.2) is 0 Å². The van der Waals surface area contributed by atoms with Gasteiger partial charge in [0.25, 0.3) is 0 Å². The van der Waals surface area contributed by atoms with Crippen LogP contribution in [0.15, 0.2) is 0 Å². The fourth-order valence-electron chi connectivity index (χ4n) is 1.33. The standard InChI is InChI=1S/C12H27B/c1-9(2)12(6,7)8-10(13)11(3,4)5/h9-10H,8,13H2,1-7H3. The average molecular weight is 182 g/mol. The molecule has 0 aliphatic carbocycles. The Morgan fingerprint density at radius 3 is 1.62 bits per heavy atom. The van der Waals surface area contributed by atoms with Crippen molar-refractivity contribution in [3.05, 3.63) is 0 Å². The van der Waals surface area contributed by atoms with E-state index in [4.69, 9.17) is 0 Å². The summed E-state index contributed by atoms with van der Waals surface area (Å²) in [5.74, 6) is 1.57. The molecule has 1 heteroatoms. The van der Waals surface area contributed by atoms with Crippen molar-refractivity contribution >= 4 is 7.85 Å². The van der Waals surface area contributed by atoms with Crippen LogP contribution in [0.1, 0.15) is 54.9 Å². The second kappa shape index (κ2) is 4.06. The number of hydrogen-bond donors (Lipinski definition) is 0. The van der Waals surface area contributed by atoms with Gasteiger partial charge in [-0.05, 0) is 16.7 Å². The van der Waals surface area contributed by atoms with Crippen molar-refractivity contribution in [3.8, 4) is 0 Å². The first-order valence-electron chi connectivity index (χ1n) is 5.57. The van der Waals surface area contributed by atoms with Crippen LogP contribution in [-0.4, -0.2) is 7.85 Å². The van der Waals surface area contributed by atoms with Crippen LogP contribution in [0.4, 0.5) is 0 Å². The molecule has 1 atom stereocenters. The molecule has 0 radical (unpaired) electrons. The van der Waals surface area contributed by atoms with Gasteiger partial charge in [-0.2, -0.15) is 0 Å². The smallest absolute Gasteiger partial charge is 0.0644 e. The summed E-state index contributed by atoms with van der Waals surface area (Å²) < 4.78 is 0. The highest BCUT2D eigenvalue weighted by Crippen LogP contribution is 2.41. The van der Waals surface area contributed by atoms with E-state index in [1.54, 1.807) is 0 Å². The lowest BCUT2D eigenvalue weighted by molar-refractivity contribution is 0.190. The maximum atomic E-state index is 2.39. The van der Waals surface area contributed by atoms with Gasteiger partial charge in [-0.1, -0.05) is 60.7 Å². The fourth-order valence-corrected chi connectivity index (χ4v) is 1.33. The van der Waals surface area contributed by atoms with E-state index in [1.807, 2.05) is 0 Å². The highest BCUT2D eigenvalue weighted by Gasteiger charge is 2.29. The topological polar surface area (TPSA) is 0 Å². The van der Waals surface area contributed by atoms with Crippen LogP contribution in [-0.2, 0) is 0 Å². The molecule has 0 aromatic carbocycles. The molecule has 78 valence electrons. The molecule has 0 heterocycles. The van der Waals surface area contributed by atoms with Crippen LogP contribution in [0.2, 0.25) is 5.82 Å². The number of hydrogen-bond acceptors (Lipinski definition) is 0. The van der Waals surface area contributed by atoms with Gasteiger partial charge in [0.2, 0.25) is 0 Å². The minimum atomic E-state index is 0.451. The summed E-state index contributed by atoms with van der Waals surface area (Å²) in [6, 6.07) is 0. The van der Waals surface area contributed by atoms with E-state index in [9.17, 15) is 0 Å². The van der Waals surface area contributed by atoms with Gasteiger partial charge in [0.1, 0.15) is 7.85 Å². The van der Waals surface area contributed by atoms with E-state index in [0.717, 1.165) is 11.7 Å². The summed E-state index contributed by atoms with van der Waals surface area (Å²) in [7, 11) is 2.38. The molecule has 0 amide bonds. The quantitative estimate of drug-likeness (QED) is 0.586. The summed E-state index contributed by atoms with van der Waals surface area (Å²) >= 11 is 0. The van der Waals surface area contributed by atoms with Gasteiger partial charge in [0.15, 0.2) is 0 Å². The monoisotopic (exact) mass is 182 g/mol. The lowest BCUT2D eigenvalue weighted by atomic mass is 9.60. The molecule has 0 aliphatic heterocycles. The molecule has 1 unspecified atom stereocenters. The predicted molar refractivity (Wildman–Crippen MR) is 65.0 cm³/mol. The minimum Gasteiger partial charge on any atom is -0.0644 e. The Labute approximate surface area is 85.9 Å². The van der Waals surface area contributed by atoms with Gasteiger partial charge in [0.05, 0.1) is 0 Å². The van der Waals surface area contributed by atoms with E-state index in [1.165, 1.54) is 6.42 Å². The lowest BCUT2D eigenvalue weighted by Crippen LogP contribution is -2.26. The Morgan fingerprint density at radius 1 is 1.00 bits per heavy atom. The third-order valence-electron chi connectivity index (χ3n) is 3.87. The van der Waals surface area contributed by atoms with Gasteiger partial charge < -0.3 is 0 Å². The van der Waals surface area contributed by atoms with Gasteiger partial charge in [0, 0.05) is 0 Å². The summed E-state index contributed by atoms with van der Waals surface area (Å²) in [5, 5.41) is 0. The van der Waals surface area contributed by atoms with E-state index in [0.29, 0.717) is 10.8 Å². The zero-order valence-corrected chi connectivity index (χ0v) is 10.9. The first-order valence-corrected chi connectivity index (χ1v) is 5.57. The van der Waals surface area contributed by atoms with Crippen LogP contribution in [0.5, 0.6) is 0 Å². The molecular formula is C12H27B. The second-order valence-corrected chi connectivity index (χ2v) is 6.61. The minimum absolute atomic E-state index is 0.451. The number of rotatable bonds is 3. The van der Waals surface area contributed by atoms with E-state index < -0.39 is 0 Å². The Kier molecular flexibility index (Phi) is 4.08. The third-order valence-corrected chi connectivity index (χ3v) is 3.87. The molecule has 0 nitrogen and oxygen atoms in total. The van der Waals surface area contributed by atoms with E-state index in [2.05, 4.69) is 56.3 Å². The summed E-state index contributed by atoms with van der Waals surface area (Å²) in [4.78, 5) is 0. The van der Waals surface area contributed by atoms with Crippen molar-refractivity contribution in [1.82, 2.24) is 0 Å². The Bertz CT molecular complexity index is 151. The Hall–Kier alpha value is 0.0649. The van der Waals surface area contributed by atoms with Crippen molar-refractivity contribution in [2.45, 2.75) is 60.7 Å². The zero-order valence-electron chi connectivity index (χ0n) is 10.9.